The van der Waals surface area contributed by atoms with E-state index in [9.17, 15) is 4.79 Å². The number of unbranched alkanes of at least 4 members (excludes halogenated alkanes) is 2. The fourth-order valence-corrected chi connectivity index (χ4v) is 3.12. The minimum atomic E-state index is 0.741. The van der Waals surface area contributed by atoms with Crippen LogP contribution in [-0.2, 0) is 4.79 Å². The highest BCUT2D eigenvalue weighted by Gasteiger charge is 2.41. The molecule has 66 valence electrons. The van der Waals surface area contributed by atoms with E-state index in [1.807, 2.05) is 0 Å². The van der Waals surface area contributed by atoms with E-state index in [1.54, 1.807) is 4.91 Å². The third-order valence-electron chi connectivity index (χ3n) is 2.48. The molecule has 2 atom stereocenters. The van der Waals surface area contributed by atoms with Crippen LogP contribution < -0.4 is 0 Å². The van der Waals surface area contributed by atoms with Gasteiger partial charge in [0, 0.05) is 11.7 Å². The van der Waals surface area contributed by atoms with Crippen LogP contribution >= 0.6 is 11.8 Å². The van der Waals surface area contributed by atoms with Crippen molar-refractivity contribution in [3.8, 4) is 0 Å². The Morgan fingerprint density at radius 2 is 2.50 bits per heavy atom. The number of carbonyl (C=O) groups excluding carboxylic acids is 1. The Balaban J connectivity index is 1.61. The minimum Gasteiger partial charge on any atom is -0.303 e. The van der Waals surface area contributed by atoms with Gasteiger partial charge in [-0.1, -0.05) is 6.08 Å². The highest BCUT2D eigenvalue weighted by Crippen LogP contribution is 2.53. The number of hydrogen-bond acceptors (Lipinski definition) is 2. The number of fused-ring (bicyclic) bond motifs is 1. The topological polar surface area (TPSA) is 17.1 Å². The lowest BCUT2D eigenvalue weighted by molar-refractivity contribution is -0.107. The number of thioether (sulfide) groups is 1. The highest BCUT2D eigenvalue weighted by molar-refractivity contribution is 8.04. The Kier molecular flexibility index (Phi) is 2.54. The molecule has 0 N–H and O–H groups in total. The molecule has 1 saturated carbocycles. The third-order valence-corrected chi connectivity index (χ3v) is 3.96. The van der Waals surface area contributed by atoms with Crippen LogP contribution in [-0.4, -0.2) is 11.5 Å². The van der Waals surface area contributed by atoms with Gasteiger partial charge in [0.25, 0.3) is 0 Å². The summed E-state index contributed by atoms with van der Waals surface area (Å²) in [7, 11) is 0. The molecule has 0 spiro atoms. The molecule has 0 aromatic rings. The van der Waals surface area contributed by atoms with Gasteiger partial charge in [0.15, 0.2) is 0 Å². The number of rotatable bonds is 5. The van der Waals surface area contributed by atoms with Crippen molar-refractivity contribution in [1.29, 1.82) is 0 Å². The second-order valence-corrected chi connectivity index (χ2v) is 4.97. The zero-order valence-electron chi connectivity index (χ0n) is 7.16. The van der Waals surface area contributed by atoms with Crippen LogP contribution in [0.3, 0.4) is 0 Å². The molecule has 0 bridgehead atoms. The average Bonchev–Trinajstić information content (AvgIpc) is 2.69. The first kappa shape index (κ1) is 8.36. The third kappa shape index (κ3) is 1.92. The summed E-state index contributed by atoms with van der Waals surface area (Å²) >= 11 is 2.07. The molecule has 2 unspecified atom stereocenters. The maximum Gasteiger partial charge on any atom is 0.119 e. The van der Waals surface area contributed by atoms with Crippen molar-refractivity contribution in [1.82, 2.24) is 0 Å². The predicted octanol–water partition coefficient (Wildman–Crippen LogP) is 2.76. The van der Waals surface area contributed by atoms with Crippen molar-refractivity contribution in [2.24, 2.45) is 5.92 Å². The smallest absolute Gasteiger partial charge is 0.119 e. The summed E-state index contributed by atoms with van der Waals surface area (Å²) in [6, 6.07) is 0. The van der Waals surface area contributed by atoms with E-state index in [0.29, 0.717) is 0 Å². The summed E-state index contributed by atoms with van der Waals surface area (Å²) in [6.45, 7) is 0. The van der Waals surface area contributed by atoms with E-state index in [-0.39, 0.29) is 0 Å². The SMILES string of the molecule is O=CCCCCC1=CC2CC2S1. The molecule has 0 radical (unpaired) electrons. The monoisotopic (exact) mass is 182 g/mol. The fraction of sp³-hybridized carbons (Fsp3) is 0.700. The van der Waals surface area contributed by atoms with Crippen molar-refractivity contribution in [3.05, 3.63) is 11.0 Å². The normalized spacial score (nSPS) is 31.2. The Labute approximate surface area is 77.6 Å². The number of hydrogen-bond donors (Lipinski definition) is 0. The molecule has 1 aliphatic heterocycles. The molecule has 2 rings (SSSR count). The van der Waals surface area contributed by atoms with E-state index < -0.39 is 0 Å². The maximum absolute atomic E-state index is 10.0. The Hall–Kier alpha value is -0.240. The lowest BCUT2D eigenvalue weighted by Crippen LogP contribution is -1.80. The number of carbonyl (C=O) groups is 1. The first-order chi connectivity index (χ1) is 5.90. The van der Waals surface area contributed by atoms with Crippen LogP contribution in [0.4, 0.5) is 0 Å². The molecule has 2 heteroatoms. The minimum absolute atomic E-state index is 0.741. The van der Waals surface area contributed by atoms with Crippen LogP contribution in [0.2, 0.25) is 0 Å². The van der Waals surface area contributed by atoms with Gasteiger partial charge in [0.1, 0.15) is 6.29 Å². The lowest BCUT2D eigenvalue weighted by Gasteiger charge is -2.00. The molecule has 1 nitrogen and oxygen atoms in total. The lowest BCUT2D eigenvalue weighted by atomic mass is 10.2. The molecule has 0 aromatic carbocycles. The van der Waals surface area contributed by atoms with Gasteiger partial charge >= 0.3 is 0 Å². The quantitative estimate of drug-likeness (QED) is 0.480. The largest absolute Gasteiger partial charge is 0.303 e. The summed E-state index contributed by atoms with van der Waals surface area (Å²) < 4.78 is 0. The molecular formula is C10H14OS. The first-order valence-corrected chi connectivity index (χ1v) is 5.59. The second kappa shape index (κ2) is 3.65. The van der Waals surface area contributed by atoms with Crippen LogP contribution in [0.25, 0.3) is 0 Å². The van der Waals surface area contributed by atoms with Gasteiger partial charge in [-0.3, -0.25) is 0 Å². The Morgan fingerprint density at radius 1 is 1.58 bits per heavy atom. The summed E-state index contributed by atoms with van der Waals surface area (Å²) in [6.07, 6.45) is 9.09. The first-order valence-electron chi connectivity index (χ1n) is 4.71. The predicted molar refractivity (Wildman–Crippen MR) is 52.1 cm³/mol. The number of aldehydes is 1. The van der Waals surface area contributed by atoms with Gasteiger partial charge in [0.05, 0.1) is 0 Å². The van der Waals surface area contributed by atoms with Crippen molar-refractivity contribution < 1.29 is 4.79 Å². The van der Waals surface area contributed by atoms with Gasteiger partial charge in [0.2, 0.25) is 0 Å². The van der Waals surface area contributed by atoms with E-state index in [4.69, 9.17) is 0 Å². The van der Waals surface area contributed by atoms with Gasteiger partial charge in [-0.2, -0.15) is 0 Å². The van der Waals surface area contributed by atoms with Crippen LogP contribution in [0.15, 0.2) is 11.0 Å². The molecule has 0 saturated heterocycles. The van der Waals surface area contributed by atoms with Crippen LogP contribution in [0.1, 0.15) is 32.1 Å². The number of allylic oxidation sites excluding steroid dienone is 2. The van der Waals surface area contributed by atoms with Crippen molar-refractivity contribution in [2.45, 2.75) is 37.4 Å². The standard InChI is InChI=1S/C10H14OS/c11-5-3-1-2-4-9-6-8-7-10(8)12-9/h5-6,8,10H,1-4,7H2. The molecule has 1 fully saturated rings. The van der Waals surface area contributed by atoms with E-state index in [0.717, 1.165) is 30.3 Å². The van der Waals surface area contributed by atoms with Gasteiger partial charge < -0.3 is 4.79 Å². The Morgan fingerprint density at radius 3 is 3.17 bits per heavy atom. The maximum atomic E-state index is 10.0. The summed E-state index contributed by atoms with van der Waals surface area (Å²) in [5.74, 6) is 0.927. The molecular weight excluding hydrogens is 168 g/mol. The van der Waals surface area contributed by atoms with E-state index in [2.05, 4.69) is 17.8 Å². The van der Waals surface area contributed by atoms with Crippen molar-refractivity contribution in [3.63, 3.8) is 0 Å². The zero-order chi connectivity index (χ0) is 8.39. The van der Waals surface area contributed by atoms with Crippen molar-refractivity contribution in [2.75, 3.05) is 0 Å². The van der Waals surface area contributed by atoms with Crippen molar-refractivity contribution >= 4 is 18.0 Å². The fourth-order valence-electron chi connectivity index (χ4n) is 1.64. The molecule has 0 aromatic heterocycles. The summed E-state index contributed by atoms with van der Waals surface area (Å²) in [4.78, 5) is 11.6. The van der Waals surface area contributed by atoms with Gasteiger partial charge in [-0.25, -0.2) is 0 Å². The van der Waals surface area contributed by atoms with Crippen LogP contribution in [0.5, 0.6) is 0 Å². The second-order valence-electron chi connectivity index (χ2n) is 3.60. The average molecular weight is 182 g/mol. The molecule has 2 aliphatic rings. The van der Waals surface area contributed by atoms with Crippen LogP contribution in [0, 0.1) is 5.92 Å². The molecule has 12 heavy (non-hydrogen) atoms. The summed E-state index contributed by atoms with van der Waals surface area (Å²) in [5.41, 5.74) is 0. The molecule has 1 aliphatic carbocycles. The Bertz CT molecular complexity index is 210. The van der Waals surface area contributed by atoms with E-state index in [1.165, 1.54) is 19.3 Å². The van der Waals surface area contributed by atoms with Gasteiger partial charge in [-0.15, -0.1) is 11.8 Å². The molecule has 0 amide bonds. The zero-order valence-corrected chi connectivity index (χ0v) is 7.98. The summed E-state index contributed by atoms with van der Waals surface area (Å²) in [5, 5.41) is 0.950. The molecule has 1 heterocycles. The van der Waals surface area contributed by atoms with Gasteiger partial charge in [-0.05, 0) is 36.5 Å². The van der Waals surface area contributed by atoms with E-state index >= 15 is 0 Å². The highest BCUT2D eigenvalue weighted by atomic mass is 32.2.